The summed E-state index contributed by atoms with van der Waals surface area (Å²) < 4.78 is 19.3. The molecule has 2 N–H and O–H groups in total. The highest BCUT2D eigenvalue weighted by atomic mass is 19.1. The van der Waals surface area contributed by atoms with Gasteiger partial charge in [0.15, 0.2) is 0 Å². The second kappa shape index (κ2) is 7.07. The first kappa shape index (κ1) is 13.8. The average Bonchev–Trinajstić information content (AvgIpc) is 2.46. The molecule has 1 saturated heterocycles. The third kappa shape index (κ3) is 4.19. The molecular weight excluding hydrogens is 245 g/mol. The van der Waals surface area contributed by atoms with E-state index >= 15 is 0 Å². The zero-order valence-corrected chi connectivity index (χ0v) is 10.8. The Labute approximate surface area is 112 Å². The Morgan fingerprint density at radius 1 is 1.42 bits per heavy atom. The first-order valence-electron chi connectivity index (χ1n) is 6.55. The SMILES string of the molecule is N#Cc1ccc(NCCOC2CCNCC2)c(F)c1. The summed E-state index contributed by atoms with van der Waals surface area (Å²) in [6.07, 6.45) is 2.38. The van der Waals surface area contributed by atoms with Crippen LogP contribution in [-0.4, -0.2) is 32.3 Å². The van der Waals surface area contributed by atoms with Gasteiger partial charge in [-0.2, -0.15) is 5.26 Å². The highest BCUT2D eigenvalue weighted by molar-refractivity contribution is 5.48. The molecule has 0 atom stereocenters. The van der Waals surface area contributed by atoms with E-state index in [0.29, 0.717) is 30.5 Å². The van der Waals surface area contributed by atoms with Crippen LogP contribution in [0.2, 0.25) is 0 Å². The monoisotopic (exact) mass is 263 g/mol. The molecule has 19 heavy (non-hydrogen) atoms. The van der Waals surface area contributed by atoms with Crippen LogP contribution in [0.15, 0.2) is 18.2 Å². The van der Waals surface area contributed by atoms with Crippen LogP contribution in [0.1, 0.15) is 18.4 Å². The fourth-order valence-electron chi connectivity index (χ4n) is 2.10. The lowest BCUT2D eigenvalue weighted by molar-refractivity contribution is 0.0394. The van der Waals surface area contributed by atoms with E-state index in [4.69, 9.17) is 10.00 Å². The van der Waals surface area contributed by atoms with Gasteiger partial charge >= 0.3 is 0 Å². The molecule has 2 rings (SSSR count). The highest BCUT2D eigenvalue weighted by Crippen LogP contribution is 2.15. The normalized spacial score (nSPS) is 16.0. The molecular formula is C14H18FN3O. The Kier molecular flexibility index (Phi) is 5.13. The molecule has 1 fully saturated rings. The van der Waals surface area contributed by atoms with Gasteiger partial charge in [-0.1, -0.05) is 0 Å². The van der Waals surface area contributed by atoms with E-state index in [0.717, 1.165) is 25.9 Å². The number of nitrogens with zero attached hydrogens (tertiary/aromatic N) is 1. The zero-order valence-electron chi connectivity index (χ0n) is 10.8. The summed E-state index contributed by atoms with van der Waals surface area (Å²) in [5.41, 5.74) is 0.738. The van der Waals surface area contributed by atoms with Crippen molar-refractivity contribution in [2.24, 2.45) is 0 Å². The van der Waals surface area contributed by atoms with Crippen molar-refractivity contribution in [1.29, 1.82) is 5.26 Å². The van der Waals surface area contributed by atoms with Crippen molar-refractivity contribution in [3.63, 3.8) is 0 Å². The summed E-state index contributed by atoms with van der Waals surface area (Å²) in [5, 5.41) is 14.9. The number of hydrogen-bond donors (Lipinski definition) is 2. The van der Waals surface area contributed by atoms with E-state index in [9.17, 15) is 4.39 Å². The minimum absolute atomic E-state index is 0.314. The van der Waals surface area contributed by atoms with Crippen LogP contribution < -0.4 is 10.6 Å². The molecule has 0 aliphatic carbocycles. The van der Waals surface area contributed by atoms with Crippen molar-refractivity contribution in [2.75, 3.05) is 31.6 Å². The third-order valence-corrected chi connectivity index (χ3v) is 3.16. The van der Waals surface area contributed by atoms with E-state index in [1.807, 2.05) is 6.07 Å². The molecule has 1 aliphatic rings. The second-order valence-electron chi connectivity index (χ2n) is 4.55. The molecule has 0 unspecified atom stereocenters. The maximum Gasteiger partial charge on any atom is 0.147 e. The molecule has 1 aliphatic heterocycles. The smallest absolute Gasteiger partial charge is 0.147 e. The number of anilines is 1. The number of rotatable bonds is 5. The molecule has 0 bridgehead atoms. The van der Waals surface area contributed by atoms with Gasteiger partial charge in [0.25, 0.3) is 0 Å². The molecule has 0 aromatic heterocycles. The average molecular weight is 263 g/mol. The minimum atomic E-state index is -0.402. The van der Waals surface area contributed by atoms with Gasteiger partial charge in [-0.25, -0.2) is 4.39 Å². The number of nitriles is 1. The molecule has 102 valence electrons. The third-order valence-electron chi connectivity index (χ3n) is 3.16. The van der Waals surface area contributed by atoms with Crippen molar-refractivity contribution in [1.82, 2.24) is 5.32 Å². The lowest BCUT2D eigenvalue weighted by atomic mass is 10.1. The molecule has 4 nitrogen and oxygen atoms in total. The van der Waals surface area contributed by atoms with Crippen LogP contribution in [0.5, 0.6) is 0 Å². The van der Waals surface area contributed by atoms with Crippen LogP contribution in [0, 0.1) is 17.1 Å². The second-order valence-corrected chi connectivity index (χ2v) is 4.55. The summed E-state index contributed by atoms with van der Waals surface area (Å²) in [6, 6.07) is 6.32. The predicted molar refractivity (Wildman–Crippen MR) is 71.4 cm³/mol. The molecule has 0 spiro atoms. The molecule has 0 radical (unpaired) electrons. The van der Waals surface area contributed by atoms with E-state index in [2.05, 4.69) is 10.6 Å². The number of benzene rings is 1. The molecule has 1 aromatic carbocycles. The zero-order chi connectivity index (χ0) is 13.5. The Morgan fingerprint density at radius 3 is 2.89 bits per heavy atom. The number of halogens is 1. The van der Waals surface area contributed by atoms with Gasteiger partial charge in [0.2, 0.25) is 0 Å². The maximum absolute atomic E-state index is 13.6. The summed E-state index contributed by atoms with van der Waals surface area (Å²) in [7, 11) is 0. The van der Waals surface area contributed by atoms with Gasteiger partial charge in [0.1, 0.15) is 5.82 Å². The van der Waals surface area contributed by atoms with Crippen LogP contribution in [-0.2, 0) is 4.74 Å². The summed E-state index contributed by atoms with van der Waals surface area (Å²) >= 11 is 0. The highest BCUT2D eigenvalue weighted by Gasteiger charge is 2.12. The van der Waals surface area contributed by atoms with Gasteiger partial charge in [-0.3, -0.25) is 0 Å². The number of nitrogens with one attached hydrogen (secondary N) is 2. The van der Waals surface area contributed by atoms with Gasteiger partial charge in [0.05, 0.1) is 30.0 Å². The Bertz CT molecular complexity index is 452. The molecule has 5 heteroatoms. The number of piperidine rings is 1. The van der Waals surface area contributed by atoms with E-state index in [1.165, 1.54) is 6.07 Å². The standard InChI is InChI=1S/C14H18FN3O/c15-13-9-11(10-16)1-2-14(13)18-7-8-19-12-3-5-17-6-4-12/h1-2,9,12,17-18H,3-8H2. The van der Waals surface area contributed by atoms with Gasteiger partial charge in [-0.05, 0) is 44.1 Å². The summed E-state index contributed by atoms with van der Waals surface area (Å²) in [5.74, 6) is -0.402. The van der Waals surface area contributed by atoms with Crippen molar-refractivity contribution in [2.45, 2.75) is 18.9 Å². The van der Waals surface area contributed by atoms with Crippen LogP contribution in [0.4, 0.5) is 10.1 Å². The van der Waals surface area contributed by atoms with Crippen molar-refractivity contribution in [3.05, 3.63) is 29.6 Å². The quantitative estimate of drug-likeness (QED) is 0.796. The van der Waals surface area contributed by atoms with Crippen molar-refractivity contribution in [3.8, 4) is 6.07 Å². The first-order valence-corrected chi connectivity index (χ1v) is 6.55. The van der Waals surface area contributed by atoms with Crippen molar-refractivity contribution >= 4 is 5.69 Å². The van der Waals surface area contributed by atoms with Gasteiger partial charge in [0, 0.05) is 6.54 Å². The van der Waals surface area contributed by atoms with Crippen LogP contribution >= 0.6 is 0 Å². The molecule has 0 amide bonds. The molecule has 0 saturated carbocycles. The van der Waals surface area contributed by atoms with Crippen molar-refractivity contribution < 1.29 is 9.13 Å². The summed E-state index contributed by atoms with van der Waals surface area (Å²) in [4.78, 5) is 0. The Balaban J connectivity index is 1.72. The molecule has 1 heterocycles. The number of ether oxygens (including phenoxy) is 1. The fraction of sp³-hybridized carbons (Fsp3) is 0.500. The maximum atomic E-state index is 13.6. The van der Waals surface area contributed by atoms with Crippen LogP contribution in [0.25, 0.3) is 0 Å². The largest absolute Gasteiger partial charge is 0.380 e. The first-order chi connectivity index (χ1) is 9.29. The topological polar surface area (TPSA) is 57.1 Å². The van der Waals surface area contributed by atoms with Gasteiger partial charge < -0.3 is 15.4 Å². The molecule has 1 aromatic rings. The summed E-state index contributed by atoms with van der Waals surface area (Å²) in [6.45, 7) is 3.13. The lowest BCUT2D eigenvalue weighted by Crippen LogP contribution is -2.33. The minimum Gasteiger partial charge on any atom is -0.380 e. The van der Waals surface area contributed by atoms with E-state index in [1.54, 1.807) is 12.1 Å². The Hall–Kier alpha value is -1.64. The number of hydrogen-bond acceptors (Lipinski definition) is 4. The Morgan fingerprint density at radius 2 is 2.21 bits per heavy atom. The van der Waals surface area contributed by atoms with Crippen LogP contribution in [0.3, 0.4) is 0 Å². The lowest BCUT2D eigenvalue weighted by Gasteiger charge is -2.23. The predicted octanol–water partition coefficient (Wildman–Crippen LogP) is 1.88. The van der Waals surface area contributed by atoms with E-state index < -0.39 is 5.82 Å². The van der Waals surface area contributed by atoms with E-state index in [-0.39, 0.29) is 0 Å². The van der Waals surface area contributed by atoms with Gasteiger partial charge in [-0.15, -0.1) is 0 Å². The fourth-order valence-corrected chi connectivity index (χ4v) is 2.10.